The van der Waals surface area contributed by atoms with Crippen molar-refractivity contribution in [1.29, 1.82) is 0 Å². The third kappa shape index (κ3) is 5.63. The van der Waals surface area contributed by atoms with Crippen molar-refractivity contribution in [3.05, 3.63) is 65.5 Å². The van der Waals surface area contributed by atoms with Crippen molar-refractivity contribution in [2.75, 3.05) is 25.6 Å². The molecule has 2 amide bonds. The smallest absolute Gasteiger partial charge is 0.417 e. The zero-order chi connectivity index (χ0) is 28.4. The SMILES string of the molecule is C=C(COC)COc1c([C@H]2[C@H](C(=O)Nc3ccnc(C(N)=O)c3)O[C@@](C)(C(F)(F)F)[C@H]2C)ccc(F)c1F. The van der Waals surface area contributed by atoms with Gasteiger partial charge in [-0.25, -0.2) is 4.39 Å². The molecule has 1 aliphatic heterocycles. The van der Waals surface area contributed by atoms with Crippen molar-refractivity contribution in [2.45, 2.75) is 37.6 Å². The fraction of sp³-hybridized carbons (Fsp3) is 0.400. The van der Waals surface area contributed by atoms with E-state index in [0.29, 0.717) is 5.57 Å². The maximum Gasteiger partial charge on any atom is 0.417 e. The van der Waals surface area contributed by atoms with E-state index >= 15 is 0 Å². The van der Waals surface area contributed by atoms with Gasteiger partial charge in [-0.05, 0) is 30.7 Å². The molecule has 0 saturated carbocycles. The largest absolute Gasteiger partial charge is 0.486 e. The Hall–Kier alpha value is -3.58. The van der Waals surface area contributed by atoms with Crippen LogP contribution in [0.5, 0.6) is 5.75 Å². The fourth-order valence-corrected chi connectivity index (χ4v) is 4.26. The molecular weight excluding hydrogens is 517 g/mol. The second kappa shape index (κ2) is 11.0. The molecule has 0 unspecified atom stereocenters. The number of carbonyl (C=O) groups is 2. The van der Waals surface area contributed by atoms with E-state index < -0.39 is 58.9 Å². The van der Waals surface area contributed by atoms with E-state index in [1.807, 2.05) is 0 Å². The number of aromatic nitrogens is 1. The molecule has 1 aromatic carbocycles. The molecule has 0 bridgehead atoms. The molecule has 1 aliphatic rings. The van der Waals surface area contributed by atoms with Gasteiger partial charge in [-0.3, -0.25) is 14.6 Å². The molecule has 8 nitrogen and oxygen atoms in total. The molecule has 0 spiro atoms. The predicted molar refractivity (Wildman–Crippen MR) is 125 cm³/mol. The van der Waals surface area contributed by atoms with Gasteiger partial charge in [-0.1, -0.05) is 19.6 Å². The zero-order valence-corrected chi connectivity index (χ0v) is 20.7. The van der Waals surface area contributed by atoms with Gasteiger partial charge in [0.15, 0.2) is 17.2 Å². The summed E-state index contributed by atoms with van der Waals surface area (Å²) in [4.78, 5) is 28.4. The van der Waals surface area contributed by atoms with E-state index in [1.54, 1.807) is 0 Å². The fourth-order valence-electron chi connectivity index (χ4n) is 4.26. The number of pyridine rings is 1. The van der Waals surface area contributed by atoms with Crippen molar-refractivity contribution >= 4 is 17.5 Å². The van der Waals surface area contributed by atoms with Gasteiger partial charge in [0, 0.05) is 36.4 Å². The molecule has 1 aromatic heterocycles. The highest BCUT2D eigenvalue weighted by Gasteiger charge is 2.66. The number of alkyl halides is 3. The number of halogens is 5. The Morgan fingerprint density at radius 3 is 2.53 bits per heavy atom. The van der Waals surface area contributed by atoms with Crippen LogP contribution in [0.4, 0.5) is 27.6 Å². The first-order valence-electron chi connectivity index (χ1n) is 11.3. The molecule has 2 heterocycles. The molecule has 2 aromatic rings. The number of primary amides is 1. The second-order valence-corrected chi connectivity index (χ2v) is 8.99. The highest BCUT2D eigenvalue weighted by atomic mass is 19.4. The first kappa shape index (κ1) is 29.0. The molecular formula is C25H26F5N3O5. The lowest BCUT2D eigenvalue weighted by Crippen LogP contribution is -2.47. The Balaban J connectivity index is 2.07. The van der Waals surface area contributed by atoms with Crippen LogP contribution in [-0.4, -0.2) is 55.0 Å². The van der Waals surface area contributed by atoms with Gasteiger partial charge in [0.05, 0.1) is 6.61 Å². The van der Waals surface area contributed by atoms with Crippen LogP contribution in [0.1, 0.15) is 35.8 Å². The summed E-state index contributed by atoms with van der Waals surface area (Å²) >= 11 is 0. The molecule has 0 aliphatic carbocycles. The lowest BCUT2D eigenvalue weighted by Gasteiger charge is -2.32. The van der Waals surface area contributed by atoms with Gasteiger partial charge in [0.1, 0.15) is 18.4 Å². The molecule has 3 N–H and O–H groups in total. The summed E-state index contributed by atoms with van der Waals surface area (Å²) in [5.74, 6) is -8.23. The number of hydrogen-bond acceptors (Lipinski definition) is 6. The number of nitrogens with one attached hydrogen (secondary N) is 1. The van der Waals surface area contributed by atoms with E-state index in [9.17, 15) is 31.5 Å². The Kier molecular flexibility index (Phi) is 8.42. The van der Waals surface area contributed by atoms with E-state index in [0.717, 1.165) is 25.1 Å². The van der Waals surface area contributed by atoms with Crippen LogP contribution >= 0.6 is 0 Å². The van der Waals surface area contributed by atoms with Gasteiger partial charge >= 0.3 is 6.18 Å². The summed E-state index contributed by atoms with van der Waals surface area (Å²) in [7, 11) is 1.38. The van der Waals surface area contributed by atoms with Gasteiger partial charge in [0.2, 0.25) is 5.82 Å². The quantitative estimate of drug-likeness (QED) is 0.364. The third-order valence-electron chi connectivity index (χ3n) is 6.42. The van der Waals surface area contributed by atoms with E-state index in [1.165, 1.54) is 26.3 Å². The molecule has 4 atom stereocenters. The van der Waals surface area contributed by atoms with Crippen LogP contribution in [0.3, 0.4) is 0 Å². The average Bonchev–Trinajstić information content (AvgIpc) is 3.12. The second-order valence-electron chi connectivity index (χ2n) is 8.99. The maximum atomic E-state index is 14.9. The highest BCUT2D eigenvalue weighted by molar-refractivity contribution is 5.97. The van der Waals surface area contributed by atoms with E-state index in [-0.39, 0.29) is 30.2 Å². The van der Waals surface area contributed by atoms with Crippen LogP contribution in [0.25, 0.3) is 0 Å². The molecule has 13 heteroatoms. The third-order valence-corrected chi connectivity index (χ3v) is 6.42. The summed E-state index contributed by atoms with van der Waals surface area (Å²) in [5, 5.41) is 2.38. The summed E-state index contributed by atoms with van der Waals surface area (Å²) in [5.41, 5.74) is 2.30. The van der Waals surface area contributed by atoms with Gasteiger partial charge in [-0.2, -0.15) is 17.6 Å². The number of nitrogens with zero attached hydrogens (tertiary/aromatic N) is 1. The van der Waals surface area contributed by atoms with Crippen LogP contribution in [0.15, 0.2) is 42.6 Å². The highest BCUT2D eigenvalue weighted by Crippen LogP contribution is 2.55. The summed E-state index contributed by atoms with van der Waals surface area (Å²) in [6.45, 7) is 5.35. The molecule has 206 valence electrons. The van der Waals surface area contributed by atoms with Gasteiger partial charge in [0.25, 0.3) is 11.8 Å². The number of rotatable bonds is 9. The normalized spacial score (nSPS) is 23.2. The minimum Gasteiger partial charge on any atom is -0.486 e. The molecule has 1 saturated heterocycles. The van der Waals surface area contributed by atoms with Crippen molar-refractivity contribution < 1.29 is 45.8 Å². The van der Waals surface area contributed by atoms with Crippen molar-refractivity contribution in [2.24, 2.45) is 11.7 Å². The van der Waals surface area contributed by atoms with E-state index in [4.69, 9.17) is 19.9 Å². The number of nitrogens with two attached hydrogens (primary N) is 1. The zero-order valence-electron chi connectivity index (χ0n) is 20.7. The number of carbonyl (C=O) groups excluding carboxylic acids is 2. The average molecular weight is 543 g/mol. The van der Waals surface area contributed by atoms with Crippen LogP contribution in [-0.2, 0) is 14.3 Å². The maximum absolute atomic E-state index is 14.9. The first-order valence-corrected chi connectivity index (χ1v) is 11.3. The number of anilines is 1. The van der Waals surface area contributed by atoms with E-state index in [2.05, 4.69) is 16.9 Å². The van der Waals surface area contributed by atoms with Crippen molar-refractivity contribution in [3.63, 3.8) is 0 Å². The Bertz CT molecular complexity index is 1240. The first-order chi connectivity index (χ1) is 17.7. The number of methoxy groups -OCH3 is 1. The van der Waals surface area contributed by atoms with Gasteiger partial charge < -0.3 is 25.3 Å². The summed E-state index contributed by atoms with van der Waals surface area (Å²) in [6, 6.07) is 4.20. The molecule has 0 radical (unpaired) electrons. The molecule has 3 rings (SSSR count). The minimum atomic E-state index is -4.93. The number of ether oxygens (including phenoxy) is 3. The van der Waals surface area contributed by atoms with Crippen molar-refractivity contribution in [1.82, 2.24) is 4.98 Å². The lowest BCUT2D eigenvalue weighted by molar-refractivity contribution is -0.272. The minimum absolute atomic E-state index is 0.00652. The monoisotopic (exact) mass is 543 g/mol. The number of benzene rings is 1. The summed E-state index contributed by atoms with van der Waals surface area (Å²) < 4.78 is 87.3. The Labute approximate surface area is 215 Å². The van der Waals surface area contributed by atoms with Gasteiger partial charge in [-0.15, -0.1) is 0 Å². The standard InChI is InChI=1S/C25H26F5N3O5/c1-12(10-36-4)11-37-20-15(5-6-16(26)19(20)27)18-13(2)24(3,25(28,29)30)38-21(18)23(35)33-14-7-8-32-17(9-14)22(31)34/h5-9,13,18,21H,1,10-11H2,2-4H3,(H2,31,34)(H,32,33,35)/t13-,18-,21+,24+/m0/s1. The molecule has 1 fully saturated rings. The predicted octanol–water partition coefficient (Wildman–Crippen LogP) is 4.12. The topological polar surface area (TPSA) is 113 Å². The van der Waals surface area contributed by atoms with Crippen LogP contribution < -0.4 is 15.8 Å². The Morgan fingerprint density at radius 1 is 1.24 bits per heavy atom. The lowest BCUT2D eigenvalue weighted by atomic mass is 9.77. The van der Waals surface area contributed by atoms with Crippen LogP contribution in [0.2, 0.25) is 0 Å². The van der Waals surface area contributed by atoms with Crippen molar-refractivity contribution in [3.8, 4) is 5.75 Å². The number of amides is 2. The van der Waals surface area contributed by atoms with Crippen LogP contribution in [0, 0.1) is 17.6 Å². The summed E-state index contributed by atoms with van der Waals surface area (Å²) in [6.07, 6.45) is -5.59. The Morgan fingerprint density at radius 2 is 1.92 bits per heavy atom. The molecule has 38 heavy (non-hydrogen) atoms. The number of hydrogen-bond donors (Lipinski definition) is 2.